The van der Waals surface area contributed by atoms with E-state index >= 15 is 0 Å². The molecule has 1 amide bonds. The first-order valence-electron chi connectivity index (χ1n) is 8.81. The van der Waals surface area contributed by atoms with Crippen LogP contribution in [0.15, 0.2) is 0 Å². The molecule has 2 N–H and O–H groups in total. The molecule has 0 saturated carbocycles. The van der Waals surface area contributed by atoms with Gasteiger partial charge in [-0.2, -0.15) is 0 Å². The fourth-order valence-corrected chi connectivity index (χ4v) is 4.91. The van der Waals surface area contributed by atoms with Gasteiger partial charge in [-0.1, -0.05) is 20.3 Å². The zero-order valence-corrected chi connectivity index (χ0v) is 15.2. The predicted molar refractivity (Wildman–Crippen MR) is 91.3 cm³/mol. The Balaban J connectivity index is 2.03. The number of carbonyl (C=O) groups is 1. The minimum Gasteiger partial charge on any atom is -0.341 e. The smallest absolute Gasteiger partial charge is 0.240 e. The number of likely N-dealkylation sites (tertiary alicyclic amines) is 2. The first-order valence-corrected chi connectivity index (χ1v) is 10.5. The van der Waals surface area contributed by atoms with Gasteiger partial charge in [-0.3, -0.25) is 9.69 Å². The van der Waals surface area contributed by atoms with E-state index in [1.54, 1.807) is 0 Å². The van der Waals surface area contributed by atoms with Gasteiger partial charge in [0.25, 0.3) is 0 Å². The molecule has 0 aliphatic carbocycles. The van der Waals surface area contributed by atoms with Crippen molar-refractivity contribution in [2.75, 3.05) is 31.9 Å². The summed E-state index contributed by atoms with van der Waals surface area (Å²) in [6.07, 6.45) is 5.25. The van der Waals surface area contributed by atoms with Crippen LogP contribution in [0.5, 0.6) is 0 Å². The molecular formula is C16H31N3O3S. The van der Waals surface area contributed by atoms with Gasteiger partial charge in [0, 0.05) is 13.1 Å². The number of piperidine rings is 2. The number of sulfonamides is 1. The number of hydrogen-bond donors (Lipinski definition) is 1. The molecule has 6 nitrogen and oxygen atoms in total. The third-order valence-electron chi connectivity index (χ3n) is 4.97. The molecule has 0 aromatic heterocycles. The summed E-state index contributed by atoms with van der Waals surface area (Å²) in [4.78, 5) is 17.2. The van der Waals surface area contributed by atoms with E-state index in [2.05, 4.69) is 18.7 Å². The van der Waals surface area contributed by atoms with Gasteiger partial charge in [0.15, 0.2) is 0 Å². The van der Waals surface area contributed by atoms with Crippen LogP contribution in [0.4, 0.5) is 0 Å². The van der Waals surface area contributed by atoms with Gasteiger partial charge in [0.2, 0.25) is 15.9 Å². The summed E-state index contributed by atoms with van der Waals surface area (Å²) in [7, 11) is -3.48. The lowest BCUT2D eigenvalue weighted by Crippen LogP contribution is -2.55. The summed E-state index contributed by atoms with van der Waals surface area (Å²) in [6, 6.07) is -0.0801. The highest BCUT2D eigenvalue weighted by Gasteiger charge is 2.35. The van der Waals surface area contributed by atoms with E-state index < -0.39 is 10.0 Å². The Morgan fingerprint density at radius 3 is 2.35 bits per heavy atom. The van der Waals surface area contributed by atoms with Gasteiger partial charge in [-0.05, 0) is 50.6 Å². The number of hydrogen-bond acceptors (Lipinski definition) is 4. The predicted octanol–water partition coefficient (Wildman–Crippen LogP) is 1.02. The van der Waals surface area contributed by atoms with Crippen molar-refractivity contribution >= 4 is 15.9 Å². The molecule has 2 fully saturated rings. The van der Waals surface area contributed by atoms with E-state index in [9.17, 15) is 13.2 Å². The molecule has 2 aliphatic heterocycles. The van der Waals surface area contributed by atoms with Crippen molar-refractivity contribution in [1.29, 1.82) is 0 Å². The highest BCUT2D eigenvalue weighted by atomic mass is 32.2. The molecule has 0 spiro atoms. The van der Waals surface area contributed by atoms with Crippen molar-refractivity contribution in [2.45, 2.75) is 52.0 Å². The molecule has 134 valence electrons. The van der Waals surface area contributed by atoms with E-state index in [-0.39, 0.29) is 29.5 Å². The standard InChI is InChI=1S/C16H31N3O3S/c1-13(2)15(18-8-4-3-5-9-18)16(20)19-10-6-7-14(11-19)12-23(17,21)22/h13-15H,3-12H2,1-2H3,(H2,17,21,22)/t14-,15-/m1/s1. The molecule has 2 rings (SSSR count). The van der Waals surface area contributed by atoms with Crippen molar-refractivity contribution < 1.29 is 13.2 Å². The molecule has 2 atom stereocenters. The Labute approximate surface area is 140 Å². The minimum absolute atomic E-state index is 0.0210. The minimum atomic E-state index is -3.48. The Morgan fingerprint density at radius 1 is 1.13 bits per heavy atom. The second-order valence-corrected chi connectivity index (χ2v) is 9.07. The molecular weight excluding hydrogens is 314 g/mol. The quantitative estimate of drug-likeness (QED) is 0.806. The number of nitrogens with two attached hydrogens (primary N) is 1. The Hall–Kier alpha value is -0.660. The molecule has 2 saturated heterocycles. The van der Waals surface area contributed by atoms with Crippen molar-refractivity contribution in [1.82, 2.24) is 9.80 Å². The topological polar surface area (TPSA) is 83.7 Å². The summed E-state index contributed by atoms with van der Waals surface area (Å²) >= 11 is 0. The van der Waals surface area contributed by atoms with Crippen molar-refractivity contribution in [3.8, 4) is 0 Å². The van der Waals surface area contributed by atoms with Crippen LogP contribution >= 0.6 is 0 Å². The number of rotatable bonds is 5. The van der Waals surface area contributed by atoms with Crippen LogP contribution in [0.1, 0.15) is 46.0 Å². The Bertz CT molecular complexity index is 501. The fraction of sp³-hybridized carbons (Fsp3) is 0.938. The van der Waals surface area contributed by atoms with Gasteiger partial charge >= 0.3 is 0 Å². The normalized spacial score (nSPS) is 25.6. The molecule has 0 unspecified atom stereocenters. The molecule has 0 aromatic rings. The summed E-state index contributed by atoms with van der Waals surface area (Å²) in [6.45, 7) is 7.43. The molecule has 0 radical (unpaired) electrons. The molecule has 7 heteroatoms. The van der Waals surface area contributed by atoms with E-state index in [1.807, 2.05) is 4.90 Å². The van der Waals surface area contributed by atoms with Gasteiger partial charge in [0.1, 0.15) is 0 Å². The molecule has 2 aliphatic rings. The van der Waals surface area contributed by atoms with Crippen molar-refractivity contribution in [2.24, 2.45) is 17.0 Å². The van der Waals surface area contributed by atoms with Crippen LogP contribution in [0.3, 0.4) is 0 Å². The van der Waals surface area contributed by atoms with E-state index in [4.69, 9.17) is 5.14 Å². The third-order valence-corrected chi connectivity index (χ3v) is 5.90. The summed E-state index contributed by atoms with van der Waals surface area (Å²) < 4.78 is 22.7. The lowest BCUT2D eigenvalue weighted by atomic mass is 9.95. The first-order chi connectivity index (χ1) is 10.8. The lowest BCUT2D eigenvalue weighted by molar-refractivity contribution is -0.141. The van der Waals surface area contributed by atoms with Crippen LogP contribution in [0.25, 0.3) is 0 Å². The number of carbonyl (C=O) groups excluding carboxylic acids is 1. The number of amides is 1. The van der Waals surface area contributed by atoms with Gasteiger partial charge < -0.3 is 4.90 Å². The SMILES string of the molecule is CC(C)[C@H](C(=O)N1CCC[C@@H](CS(N)(=O)=O)C1)N1CCCCC1. The zero-order valence-electron chi connectivity index (χ0n) is 14.4. The first kappa shape index (κ1) is 18.7. The van der Waals surface area contributed by atoms with Crippen molar-refractivity contribution in [3.63, 3.8) is 0 Å². The second-order valence-electron chi connectivity index (χ2n) is 7.41. The monoisotopic (exact) mass is 345 g/mol. The van der Waals surface area contributed by atoms with Gasteiger partial charge in [-0.15, -0.1) is 0 Å². The van der Waals surface area contributed by atoms with Gasteiger partial charge in [0.05, 0.1) is 11.8 Å². The summed E-state index contributed by atoms with van der Waals surface area (Å²) in [5, 5.41) is 5.17. The fourth-order valence-electron chi connectivity index (χ4n) is 3.98. The Morgan fingerprint density at radius 2 is 1.78 bits per heavy atom. The van der Waals surface area contributed by atoms with E-state index in [0.717, 1.165) is 45.3 Å². The van der Waals surface area contributed by atoms with Crippen LogP contribution in [-0.2, 0) is 14.8 Å². The maximum atomic E-state index is 13.1. The highest BCUT2D eigenvalue weighted by Crippen LogP contribution is 2.23. The second kappa shape index (κ2) is 7.94. The van der Waals surface area contributed by atoms with Gasteiger partial charge in [-0.25, -0.2) is 13.6 Å². The van der Waals surface area contributed by atoms with Crippen LogP contribution in [0, 0.1) is 11.8 Å². The Kier molecular flexibility index (Phi) is 6.45. The van der Waals surface area contributed by atoms with E-state index in [1.165, 1.54) is 6.42 Å². The van der Waals surface area contributed by atoms with Crippen LogP contribution in [-0.4, -0.2) is 62.1 Å². The third kappa shape index (κ3) is 5.43. The zero-order chi connectivity index (χ0) is 17.0. The largest absolute Gasteiger partial charge is 0.341 e. The van der Waals surface area contributed by atoms with Crippen LogP contribution < -0.4 is 5.14 Å². The summed E-state index contributed by atoms with van der Waals surface area (Å²) in [5.41, 5.74) is 0. The molecule has 0 bridgehead atoms. The average Bonchev–Trinajstić information content (AvgIpc) is 2.46. The number of primary sulfonamides is 1. The molecule has 23 heavy (non-hydrogen) atoms. The van der Waals surface area contributed by atoms with Crippen molar-refractivity contribution in [3.05, 3.63) is 0 Å². The number of nitrogens with zero attached hydrogens (tertiary/aromatic N) is 2. The maximum Gasteiger partial charge on any atom is 0.240 e. The lowest BCUT2D eigenvalue weighted by Gasteiger charge is -2.41. The van der Waals surface area contributed by atoms with Crippen LogP contribution in [0.2, 0.25) is 0 Å². The van der Waals surface area contributed by atoms with E-state index in [0.29, 0.717) is 6.54 Å². The maximum absolute atomic E-state index is 13.1. The highest BCUT2D eigenvalue weighted by molar-refractivity contribution is 7.89. The molecule has 2 heterocycles. The summed E-state index contributed by atoms with van der Waals surface area (Å²) in [5.74, 6) is 0.379. The average molecular weight is 346 g/mol. The molecule has 0 aromatic carbocycles.